The van der Waals surface area contributed by atoms with Gasteiger partial charge in [-0.15, -0.1) is 11.3 Å². The van der Waals surface area contributed by atoms with Crippen LogP contribution in [0.25, 0.3) is 21.7 Å². The summed E-state index contributed by atoms with van der Waals surface area (Å²) in [6.07, 6.45) is 0. The molecule has 0 saturated heterocycles. The first-order valence-corrected chi connectivity index (χ1v) is 7.47. The van der Waals surface area contributed by atoms with E-state index in [2.05, 4.69) is 5.16 Å². The molecule has 0 fully saturated rings. The van der Waals surface area contributed by atoms with Crippen molar-refractivity contribution < 1.29 is 4.52 Å². The average molecular weight is 346 g/mol. The Balaban J connectivity index is 2.21. The van der Waals surface area contributed by atoms with Gasteiger partial charge in [0.05, 0.1) is 19.8 Å². The van der Waals surface area contributed by atoms with Crippen LogP contribution in [-0.2, 0) is 0 Å². The van der Waals surface area contributed by atoms with Crippen molar-refractivity contribution in [3.05, 3.63) is 44.7 Å². The SMILES string of the molecule is Nc1onc(-c2ccc(Cl)s2)c1-c1ccc(Cl)cc1Cl. The van der Waals surface area contributed by atoms with E-state index in [-0.39, 0.29) is 5.88 Å². The van der Waals surface area contributed by atoms with E-state index in [1.54, 1.807) is 24.3 Å². The summed E-state index contributed by atoms with van der Waals surface area (Å²) in [5.41, 5.74) is 7.85. The number of nitrogen functional groups attached to an aromatic ring is 1. The number of thiophene rings is 1. The Morgan fingerprint density at radius 1 is 1.10 bits per heavy atom. The van der Waals surface area contributed by atoms with E-state index in [1.165, 1.54) is 11.3 Å². The molecule has 3 rings (SSSR count). The molecule has 0 unspecified atom stereocenters. The maximum absolute atomic E-state index is 6.23. The van der Waals surface area contributed by atoms with Gasteiger partial charge >= 0.3 is 0 Å². The number of nitrogens with two attached hydrogens (primary N) is 1. The Bertz CT molecular complexity index is 782. The van der Waals surface area contributed by atoms with E-state index in [1.807, 2.05) is 6.07 Å². The molecule has 20 heavy (non-hydrogen) atoms. The van der Waals surface area contributed by atoms with Gasteiger partial charge in [-0.05, 0) is 24.3 Å². The van der Waals surface area contributed by atoms with E-state index in [9.17, 15) is 0 Å². The maximum Gasteiger partial charge on any atom is 0.230 e. The first-order chi connectivity index (χ1) is 9.56. The standard InChI is InChI=1S/C13H7Cl3N2OS/c14-6-1-2-7(8(15)5-6)11-12(18-19-13(11)17)9-3-4-10(16)20-9/h1-5H,17H2. The van der Waals surface area contributed by atoms with Crippen LogP contribution >= 0.6 is 46.1 Å². The summed E-state index contributed by atoms with van der Waals surface area (Å²) in [4.78, 5) is 0.858. The highest BCUT2D eigenvalue weighted by atomic mass is 35.5. The molecule has 3 aromatic rings. The molecule has 2 heterocycles. The highest BCUT2D eigenvalue weighted by molar-refractivity contribution is 7.19. The van der Waals surface area contributed by atoms with Crippen molar-refractivity contribution in [1.82, 2.24) is 5.16 Å². The number of benzene rings is 1. The zero-order valence-electron chi connectivity index (χ0n) is 9.86. The van der Waals surface area contributed by atoms with E-state index in [0.717, 1.165) is 4.88 Å². The molecule has 0 amide bonds. The third-order valence-corrected chi connectivity index (χ3v) is 4.51. The van der Waals surface area contributed by atoms with Gasteiger partial charge in [0.2, 0.25) is 5.88 Å². The second-order valence-corrected chi connectivity index (χ2v) is 6.56. The van der Waals surface area contributed by atoms with Crippen LogP contribution in [0.1, 0.15) is 0 Å². The van der Waals surface area contributed by atoms with Gasteiger partial charge in [-0.25, -0.2) is 0 Å². The van der Waals surface area contributed by atoms with Gasteiger partial charge in [-0.2, -0.15) is 0 Å². The lowest BCUT2D eigenvalue weighted by Gasteiger charge is -2.04. The van der Waals surface area contributed by atoms with Gasteiger partial charge in [-0.3, -0.25) is 0 Å². The fraction of sp³-hybridized carbons (Fsp3) is 0. The van der Waals surface area contributed by atoms with Crippen molar-refractivity contribution in [3.8, 4) is 21.7 Å². The van der Waals surface area contributed by atoms with Gasteiger partial charge < -0.3 is 10.3 Å². The topological polar surface area (TPSA) is 52.0 Å². The molecule has 7 heteroatoms. The Labute approximate surface area is 133 Å². The van der Waals surface area contributed by atoms with Crippen molar-refractivity contribution in [2.45, 2.75) is 0 Å². The second-order valence-electron chi connectivity index (χ2n) is 4.00. The van der Waals surface area contributed by atoms with Crippen LogP contribution in [0.3, 0.4) is 0 Å². The lowest BCUT2D eigenvalue weighted by molar-refractivity contribution is 0.439. The molecule has 0 aliphatic carbocycles. The highest BCUT2D eigenvalue weighted by Gasteiger charge is 2.20. The Morgan fingerprint density at radius 2 is 1.90 bits per heavy atom. The highest BCUT2D eigenvalue weighted by Crippen LogP contribution is 2.42. The number of hydrogen-bond acceptors (Lipinski definition) is 4. The minimum Gasteiger partial charge on any atom is -0.367 e. The fourth-order valence-corrected chi connectivity index (χ4v) is 3.40. The number of nitrogens with zero attached hydrogens (tertiary/aromatic N) is 1. The summed E-state index contributed by atoms with van der Waals surface area (Å²) in [5, 5.41) is 5.03. The summed E-state index contributed by atoms with van der Waals surface area (Å²) < 4.78 is 5.76. The molecule has 3 nitrogen and oxygen atoms in total. The van der Waals surface area contributed by atoms with Gasteiger partial charge in [0.1, 0.15) is 5.69 Å². The molecule has 0 radical (unpaired) electrons. The van der Waals surface area contributed by atoms with Crippen LogP contribution in [0.4, 0.5) is 5.88 Å². The van der Waals surface area contributed by atoms with Crippen molar-refractivity contribution >= 4 is 52.0 Å². The fourth-order valence-electron chi connectivity index (χ4n) is 1.87. The van der Waals surface area contributed by atoms with Crippen LogP contribution in [-0.4, -0.2) is 5.16 Å². The first-order valence-electron chi connectivity index (χ1n) is 5.52. The molecule has 0 bridgehead atoms. The predicted octanol–water partition coefficient (Wildman–Crippen LogP) is 5.61. The lowest BCUT2D eigenvalue weighted by Crippen LogP contribution is -1.88. The largest absolute Gasteiger partial charge is 0.367 e. The summed E-state index contributed by atoms with van der Waals surface area (Å²) in [6.45, 7) is 0. The molecular formula is C13H7Cl3N2OS. The smallest absolute Gasteiger partial charge is 0.230 e. The predicted molar refractivity (Wildman–Crippen MR) is 84.7 cm³/mol. The number of aromatic nitrogens is 1. The number of rotatable bonds is 2. The molecule has 2 aromatic heterocycles. The molecule has 2 N–H and O–H groups in total. The zero-order chi connectivity index (χ0) is 14.3. The van der Waals surface area contributed by atoms with Crippen molar-refractivity contribution in [2.24, 2.45) is 0 Å². The van der Waals surface area contributed by atoms with Crippen molar-refractivity contribution in [1.29, 1.82) is 0 Å². The van der Waals surface area contributed by atoms with E-state index in [0.29, 0.717) is 31.2 Å². The molecule has 0 spiro atoms. The summed E-state index contributed by atoms with van der Waals surface area (Å²) in [5.74, 6) is 0.203. The average Bonchev–Trinajstić information content (AvgIpc) is 2.96. The molecule has 0 aliphatic heterocycles. The molecule has 0 saturated carbocycles. The van der Waals surface area contributed by atoms with Crippen molar-refractivity contribution in [3.63, 3.8) is 0 Å². The van der Waals surface area contributed by atoms with Crippen LogP contribution < -0.4 is 5.73 Å². The molecule has 0 atom stereocenters. The van der Waals surface area contributed by atoms with Crippen LogP contribution in [0.2, 0.25) is 14.4 Å². The third-order valence-electron chi connectivity index (χ3n) is 2.73. The summed E-state index contributed by atoms with van der Waals surface area (Å²) in [7, 11) is 0. The third kappa shape index (κ3) is 2.40. The quantitative estimate of drug-likeness (QED) is 0.656. The molecule has 1 aromatic carbocycles. The Hall–Kier alpha value is -1.20. The van der Waals surface area contributed by atoms with Crippen LogP contribution in [0.5, 0.6) is 0 Å². The second kappa shape index (κ2) is 5.30. The van der Waals surface area contributed by atoms with Gasteiger partial charge in [0, 0.05) is 10.6 Å². The minimum atomic E-state index is 0.203. The number of halogens is 3. The number of hydrogen-bond donors (Lipinski definition) is 1. The van der Waals surface area contributed by atoms with Gasteiger partial charge in [0.25, 0.3) is 0 Å². The van der Waals surface area contributed by atoms with Crippen LogP contribution in [0.15, 0.2) is 34.9 Å². The lowest BCUT2D eigenvalue weighted by atomic mass is 10.0. The Morgan fingerprint density at radius 3 is 2.55 bits per heavy atom. The van der Waals surface area contributed by atoms with Gasteiger partial charge in [0.15, 0.2) is 0 Å². The molecular weight excluding hydrogens is 339 g/mol. The van der Waals surface area contributed by atoms with Crippen molar-refractivity contribution in [2.75, 3.05) is 5.73 Å². The van der Waals surface area contributed by atoms with E-state index in [4.69, 9.17) is 45.1 Å². The molecule has 0 aliphatic rings. The van der Waals surface area contributed by atoms with E-state index >= 15 is 0 Å². The van der Waals surface area contributed by atoms with E-state index < -0.39 is 0 Å². The normalized spacial score (nSPS) is 10.9. The zero-order valence-corrected chi connectivity index (χ0v) is 12.9. The monoisotopic (exact) mass is 344 g/mol. The number of anilines is 1. The van der Waals surface area contributed by atoms with Gasteiger partial charge in [-0.1, -0.05) is 46.0 Å². The maximum atomic E-state index is 6.23. The molecule has 102 valence electrons. The minimum absolute atomic E-state index is 0.203. The van der Waals surface area contributed by atoms with Crippen LogP contribution in [0, 0.1) is 0 Å². The summed E-state index contributed by atoms with van der Waals surface area (Å²) >= 11 is 19.5. The Kier molecular flexibility index (Phi) is 3.65. The first kappa shape index (κ1) is 13.8. The summed E-state index contributed by atoms with van der Waals surface area (Å²) in [6, 6.07) is 8.82.